The number of aliphatic imine (C=N–C) groups is 1. The van der Waals surface area contributed by atoms with Crippen molar-refractivity contribution in [2.75, 3.05) is 58.9 Å². The molecule has 0 spiro atoms. The van der Waals surface area contributed by atoms with Crippen molar-refractivity contribution in [2.24, 2.45) is 4.99 Å². The molecule has 6 heteroatoms. The summed E-state index contributed by atoms with van der Waals surface area (Å²) >= 11 is 0. The molecule has 6 nitrogen and oxygen atoms in total. The Morgan fingerprint density at radius 2 is 1.67 bits per heavy atom. The van der Waals surface area contributed by atoms with Crippen molar-refractivity contribution in [2.45, 2.75) is 52.7 Å². The number of piperazine rings is 1. The van der Waals surface area contributed by atoms with Gasteiger partial charge >= 0.3 is 0 Å². The molecule has 1 aromatic carbocycles. The number of benzene rings is 1. The van der Waals surface area contributed by atoms with E-state index in [0.717, 1.165) is 58.3 Å². The lowest BCUT2D eigenvalue weighted by atomic mass is 10.1. The molecule has 0 radical (unpaired) electrons. The van der Waals surface area contributed by atoms with E-state index in [0.29, 0.717) is 6.04 Å². The highest BCUT2D eigenvalue weighted by Gasteiger charge is 2.22. The molecule has 0 amide bonds. The van der Waals surface area contributed by atoms with E-state index in [1.54, 1.807) is 0 Å². The molecule has 30 heavy (non-hydrogen) atoms. The van der Waals surface area contributed by atoms with Crippen LogP contribution in [0.1, 0.15) is 44.7 Å². The largest absolute Gasteiger partial charge is 0.357 e. The zero-order chi connectivity index (χ0) is 21.2. The lowest BCUT2D eigenvalue weighted by Gasteiger charge is -2.34. The smallest absolute Gasteiger partial charge is 0.191 e. The minimum atomic E-state index is 0.632. The van der Waals surface area contributed by atoms with Gasteiger partial charge in [0.25, 0.3) is 0 Å². The molecule has 0 saturated carbocycles. The molecular weight excluding hydrogens is 372 g/mol. The van der Waals surface area contributed by atoms with Crippen LogP contribution in [-0.4, -0.2) is 85.6 Å². The normalized spacial score (nSPS) is 21.8. The van der Waals surface area contributed by atoms with Crippen molar-refractivity contribution in [3.05, 3.63) is 35.4 Å². The predicted molar refractivity (Wildman–Crippen MR) is 127 cm³/mol. The van der Waals surface area contributed by atoms with Gasteiger partial charge in [0.1, 0.15) is 0 Å². The fourth-order valence-corrected chi connectivity index (χ4v) is 4.63. The Kier molecular flexibility index (Phi) is 9.43. The van der Waals surface area contributed by atoms with Crippen molar-refractivity contribution in [1.82, 2.24) is 25.3 Å². The number of likely N-dealkylation sites (N-methyl/N-ethyl adjacent to an activating group) is 2. The third kappa shape index (κ3) is 6.69. The van der Waals surface area contributed by atoms with E-state index in [4.69, 9.17) is 4.99 Å². The van der Waals surface area contributed by atoms with Crippen molar-refractivity contribution in [1.29, 1.82) is 0 Å². The number of nitrogens with one attached hydrogen (secondary N) is 2. The van der Waals surface area contributed by atoms with Gasteiger partial charge in [0, 0.05) is 51.9 Å². The van der Waals surface area contributed by atoms with Crippen molar-refractivity contribution in [3.8, 4) is 0 Å². The topological polar surface area (TPSA) is 46.1 Å². The van der Waals surface area contributed by atoms with Crippen molar-refractivity contribution < 1.29 is 0 Å². The van der Waals surface area contributed by atoms with Crippen molar-refractivity contribution in [3.63, 3.8) is 0 Å². The fourth-order valence-electron chi connectivity index (χ4n) is 4.63. The fraction of sp³-hybridized carbons (Fsp3) is 0.708. The van der Waals surface area contributed by atoms with Gasteiger partial charge in [0.2, 0.25) is 0 Å². The minimum Gasteiger partial charge on any atom is -0.357 e. The van der Waals surface area contributed by atoms with Gasteiger partial charge < -0.3 is 15.5 Å². The highest BCUT2D eigenvalue weighted by atomic mass is 15.3. The summed E-state index contributed by atoms with van der Waals surface area (Å²) in [5, 5.41) is 7.02. The molecule has 0 aromatic heterocycles. The molecule has 168 valence electrons. The van der Waals surface area contributed by atoms with Crippen LogP contribution in [0, 0.1) is 0 Å². The van der Waals surface area contributed by atoms with Gasteiger partial charge in [0.15, 0.2) is 5.96 Å². The molecule has 2 aliphatic heterocycles. The van der Waals surface area contributed by atoms with E-state index in [9.17, 15) is 0 Å². The average molecular weight is 415 g/mol. The van der Waals surface area contributed by atoms with Crippen LogP contribution in [0.4, 0.5) is 0 Å². The highest BCUT2D eigenvalue weighted by Crippen LogP contribution is 2.16. The first kappa shape index (κ1) is 23.0. The van der Waals surface area contributed by atoms with Crippen LogP contribution in [0.3, 0.4) is 0 Å². The maximum atomic E-state index is 4.92. The lowest BCUT2D eigenvalue weighted by molar-refractivity contribution is 0.131. The minimum absolute atomic E-state index is 0.632. The molecule has 2 saturated heterocycles. The van der Waals surface area contributed by atoms with Crippen LogP contribution >= 0.6 is 0 Å². The molecule has 2 heterocycles. The molecule has 3 rings (SSSR count). The highest BCUT2D eigenvalue weighted by molar-refractivity contribution is 5.79. The number of likely N-dealkylation sites (tertiary alicyclic amines) is 1. The predicted octanol–water partition coefficient (Wildman–Crippen LogP) is 2.36. The van der Waals surface area contributed by atoms with Crippen LogP contribution < -0.4 is 10.6 Å². The number of rotatable bonds is 9. The average Bonchev–Trinajstić information content (AvgIpc) is 3.25. The summed E-state index contributed by atoms with van der Waals surface area (Å²) in [5.74, 6) is 0.937. The van der Waals surface area contributed by atoms with E-state index in [1.807, 2.05) is 0 Å². The second-order valence-corrected chi connectivity index (χ2v) is 8.48. The Labute approximate surface area is 183 Å². The van der Waals surface area contributed by atoms with E-state index in [1.165, 1.54) is 43.6 Å². The summed E-state index contributed by atoms with van der Waals surface area (Å²) in [6.07, 6.45) is 2.60. The first-order valence-corrected chi connectivity index (χ1v) is 12.0. The number of hydrogen-bond acceptors (Lipinski definition) is 4. The Morgan fingerprint density at radius 1 is 0.933 bits per heavy atom. The zero-order valence-electron chi connectivity index (χ0n) is 19.4. The molecule has 1 atom stereocenters. The Balaban J connectivity index is 1.57. The van der Waals surface area contributed by atoms with Crippen LogP contribution in [0.25, 0.3) is 0 Å². The summed E-state index contributed by atoms with van der Waals surface area (Å²) in [5.41, 5.74) is 2.75. The van der Waals surface area contributed by atoms with E-state index in [2.05, 4.69) is 70.4 Å². The Hall–Kier alpha value is -1.63. The van der Waals surface area contributed by atoms with Crippen LogP contribution in [0.5, 0.6) is 0 Å². The van der Waals surface area contributed by atoms with Gasteiger partial charge in [-0.3, -0.25) is 9.80 Å². The number of nitrogens with zero attached hydrogens (tertiary/aromatic N) is 4. The number of guanidine groups is 1. The molecule has 2 aliphatic rings. The standard InChI is InChI=1S/C24H42N6/c1-4-25-24(27-19-23-12-9-13-30(23)6-3)26-18-21-10-7-8-11-22(21)20-29-16-14-28(5-2)15-17-29/h7-8,10-11,23H,4-6,9,12-20H2,1-3H3,(H2,25,26,27). The Bertz CT molecular complexity index is 653. The monoisotopic (exact) mass is 414 g/mol. The van der Waals surface area contributed by atoms with Gasteiger partial charge in [-0.1, -0.05) is 38.1 Å². The van der Waals surface area contributed by atoms with Crippen LogP contribution in [0.2, 0.25) is 0 Å². The molecule has 0 aliphatic carbocycles. The number of hydrogen-bond donors (Lipinski definition) is 2. The van der Waals surface area contributed by atoms with Crippen molar-refractivity contribution >= 4 is 5.96 Å². The summed E-state index contributed by atoms with van der Waals surface area (Å²) in [6, 6.07) is 9.44. The first-order valence-electron chi connectivity index (χ1n) is 12.0. The van der Waals surface area contributed by atoms with E-state index in [-0.39, 0.29) is 0 Å². The summed E-state index contributed by atoms with van der Waals surface area (Å²) in [4.78, 5) is 12.6. The third-order valence-corrected chi connectivity index (χ3v) is 6.59. The molecule has 2 N–H and O–H groups in total. The molecule has 2 fully saturated rings. The third-order valence-electron chi connectivity index (χ3n) is 6.59. The van der Waals surface area contributed by atoms with Gasteiger partial charge in [-0.25, -0.2) is 4.99 Å². The maximum Gasteiger partial charge on any atom is 0.191 e. The molecule has 1 unspecified atom stereocenters. The first-order chi connectivity index (χ1) is 14.7. The van der Waals surface area contributed by atoms with Gasteiger partial charge in [-0.05, 0) is 50.5 Å². The zero-order valence-corrected chi connectivity index (χ0v) is 19.4. The van der Waals surface area contributed by atoms with Gasteiger partial charge in [-0.15, -0.1) is 0 Å². The summed E-state index contributed by atoms with van der Waals surface area (Å²) < 4.78 is 0. The van der Waals surface area contributed by atoms with Crippen LogP contribution in [0.15, 0.2) is 29.3 Å². The molecule has 1 aromatic rings. The van der Waals surface area contributed by atoms with Gasteiger partial charge in [0.05, 0.1) is 6.54 Å². The van der Waals surface area contributed by atoms with E-state index >= 15 is 0 Å². The second-order valence-electron chi connectivity index (χ2n) is 8.48. The van der Waals surface area contributed by atoms with Crippen LogP contribution in [-0.2, 0) is 13.1 Å². The van der Waals surface area contributed by atoms with E-state index < -0.39 is 0 Å². The maximum absolute atomic E-state index is 4.92. The summed E-state index contributed by atoms with van der Waals surface area (Å²) in [7, 11) is 0. The molecule has 0 bridgehead atoms. The lowest BCUT2D eigenvalue weighted by Crippen LogP contribution is -2.45. The SMILES string of the molecule is CCNC(=NCc1ccccc1CN1CCN(CC)CC1)NCC1CCCN1CC. The summed E-state index contributed by atoms with van der Waals surface area (Å²) in [6.45, 7) is 18.5. The molecular formula is C24H42N6. The second kappa shape index (κ2) is 12.3. The quantitative estimate of drug-likeness (QED) is 0.480. The van der Waals surface area contributed by atoms with Gasteiger partial charge in [-0.2, -0.15) is 0 Å². The Morgan fingerprint density at radius 3 is 2.37 bits per heavy atom.